The number of ether oxygens (including phenoxy) is 2. The zero-order valence-corrected chi connectivity index (χ0v) is 19.1. The number of oxime groups is 1. The van der Waals surface area contributed by atoms with Gasteiger partial charge in [-0.25, -0.2) is 0 Å². The summed E-state index contributed by atoms with van der Waals surface area (Å²) in [6.07, 6.45) is 3.24. The lowest BCUT2D eigenvalue weighted by molar-refractivity contribution is -0.105. The van der Waals surface area contributed by atoms with Gasteiger partial charge in [0, 0.05) is 6.42 Å². The molecule has 3 unspecified atom stereocenters. The largest absolute Gasteiger partial charge is 0.388 e. The first-order valence-electron chi connectivity index (χ1n) is 10.4. The molecule has 0 saturated carbocycles. The molecule has 2 aromatic rings. The summed E-state index contributed by atoms with van der Waals surface area (Å²) < 4.78 is 41.6. The molecular formula is C24H27NO7S. The molecule has 0 fully saturated rings. The van der Waals surface area contributed by atoms with Crippen molar-refractivity contribution in [1.82, 2.24) is 0 Å². The Balaban J connectivity index is 1.54. The summed E-state index contributed by atoms with van der Waals surface area (Å²) in [6, 6.07) is 15.9. The van der Waals surface area contributed by atoms with Crippen molar-refractivity contribution in [2.24, 2.45) is 5.16 Å². The van der Waals surface area contributed by atoms with Crippen molar-refractivity contribution in [3.63, 3.8) is 0 Å². The van der Waals surface area contributed by atoms with E-state index in [-0.39, 0.29) is 31.1 Å². The van der Waals surface area contributed by atoms with Gasteiger partial charge in [-0.1, -0.05) is 59.1 Å². The second-order valence-corrected chi connectivity index (χ2v) is 9.22. The molecule has 0 bridgehead atoms. The number of hydrogen-bond donors (Lipinski definition) is 1. The third-order valence-electron chi connectivity index (χ3n) is 4.90. The molecule has 9 heteroatoms. The predicted molar refractivity (Wildman–Crippen MR) is 122 cm³/mol. The smallest absolute Gasteiger partial charge is 0.297 e. The molecular weight excluding hydrogens is 446 g/mol. The number of hydrogen-bond acceptors (Lipinski definition) is 8. The number of terminal acetylenes is 1. The molecule has 1 aliphatic rings. The van der Waals surface area contributed by atoms with Gasteiger partial charge in [-0.15, -0.1) is 6.42 Å². The number of aliphatic hydroxyl groups excluding tert-OH is 1. The third-order valence-corrected chi connectivity index (χ3v) is 6.19. The van der Waals surface area contributed by atoms with Crippen LogP contribution in [-0.2, 0) is 35.2 Å². The van der Waals surface area contributed by atoms with Crippen molar-refractivity contribution >= 4 is 15.8 Å². The highest BCUT2D eigenvalue weighted by Gasteiger charge is 2.32. The van der Waals surface area contributed by atoms with Crippen LogP contribution in [0.5, 0.6) is 0 Å². The monoisotopic (exact) mass is 473 g/mol. The summed E-state index contributed by atoms with van der Waals surface area (Å²) in [4.78, 5) is 5.35. The fourth-order valence-corrected chi connectivity index (χ4v) is 3.96. The van der Waals surface area contributed by atoms with Crippen LogP contribution in [0.15, 0.2) is 64.6 Å². The van der Waals surface area contributed by atoms with Crippen molar-refractivity contribution in [2.45, 2.75) is 43.2 Å². The first kappa shape index (κ1) is 24.9. The van der Waals surface area contributed by atoms with E-state index in [0.717, 1.165) is 11.1 Å². The van der Waals surface area contributed by atoms with Crippen LogP contribution >= 0.6 is 0 Å². The molecule has 0 aliphatic carbocycles. The van der Waals surface area contributed by atoms with Crippen LogP contribution in [0.2, 0.25) is 0 Å². The van der Waals surface area contributed by atoms with Gasteiger partial charge in [0.25, 0.3) is 10.1 Å². The van der Waals surface area contributed by atoms with E-state index in [4.69, 9.17) is 24.9 Å². The highest BCUT2D eigenvalue weighted by Crippen LogP contribution is 2.20. The molecule has 3 rings (SSSR count). The number of aryl methyl sites for hydroxylation is 1. The van der Waals surface area contributed by atoms with E-state index in [2.05, 4.69) is 11.1 Å². The molecule has 1 N–H and O–H groups in total. The molecule has 8 nitrogen and oxygen atoms in total. The zero-order chi connectivity index (χ0) is 23.7. The van der Waals surface area contributed by atoms with Gasteiger partial charge in [0.15, 0.2) is 6.10 Å². The lowest BCUT2D eigenvalue weighted by Gasteiger charge is -2.23. The molecule has 0 amide bonds. The van der Waals surface area contributed by atoms with E-state index in [1.807, 2.05) is 37.3 Å². The van der Waals surface area contributed by atoms with Crippen LogP contribution in [-0.4, -0.2) is 57.4 Å². The summed E-state index contributed by atoms with van der Waals surface area (Å²) in [5.74, 6) is 2.40. The van der Waals surface area contributed by atoms with Gasteiger partial charge in [-0.05, 0) is 24.6 Å². The summed E-state index contributed by atoms with van der Waals surface area (Å²) >= 11 is 0. The molecule has 0 saturated heterocycles. The average molecular weight is 474 g/mol. The Morgan fingerprint density at radius 1 is 1.15 bits per heavy atom. The maximum atomic E-state index is 12.5. The lowest BCUT2D eigenvalue weighted by Crippen LogP contribution is -2.37. The molecule has 176 valence electrons. The summed E-state index contributed by atoms with van der Waals surface area (Å²) in [5.41, 5.74) is 2.30. The SMILES string of the molecule is C#CC1=NOC(C(COS(=O)(=O)c2ccc(C)cc2)OCC(O)COCc2ccccc2)C1. The molecule has 0 spiro atoms. The van der Waals surface area contributed by atoms with E-state index in [1.54, 1.807) is 12.1 Å². The number of rotatable bonds is 12. The van der Waals surface area contributed by atoms with Crippen LogP contribution in [0.1, 0.15) is 17.5 Å². The molecule has 0 aromatic heterocycles. The quantitative estimate of drug-likeness (QED) is 0.373. The van der Waals surface area contributed by atoms with Crippen molar-refractivity contribution in [3.05, 3.63) is 65.7 Å². The van der Waals surface area contributed by atoms with Crippen molar-refractivity contribution in [2.75, 3.05) is 19.8 Å². The van der Waals surface area contributed by atoms with E-state index >= 15 is 0 Å². The standard InChI is InChI=1S/C24H27NO7S/c1-3-20-13-23(32-25-20)24(17-31-33(27,28)22-11-9-18(2)10-12-22)30-16-21(26)15-29-14-19-7-5-4-6-8-19/h1,4-12,21,23-24,26H,13-17H2,2H3. The van der Waals surface area contributed by atoms with Gasteiger partial charge in [0.1, 0.15) is 17.9 Å². The Bertz CT molecular complexity index is 1060. The molecule has 0 radical (unpaired) electrons. The number of benzene rings is 2. The molecule has 1 aliphatic heterocycles. The highest BCUT2D eigenvalue weighted by atomic mass is 32.2. The normalized spacial score (nSPS) is 17.6. The zero-order valence-electron chi connectivity index (χ0n) is 18.3. The van der Waals surface area contributed by atoms with Crippen LogP contribution in [0.25, 0.3) is 0 Å². The van der Waals surface area contributed by atoms with E-state index in [1.165, 1.54) is 12.1 Å². The molecule has 33 heavy (non-hydrogen) atoms. The molecule has 3 atom stereocenters. The maximum absolute atomic E-state index is 12.5. The van der Waals surface area contributed by atoms with Gasteiger partial charge in [0.2, 0.25) is 0 Å². The summed E-state index contributed by atoms with van der Waals surface area (Å²) in [5, 5.41) is 14.0. The Morgan fingerprint density at radius 2 is 1.88 bits per heavy atom. The second kappa shape index (κ2) is 11.9. The van der Waals surface area contributed by atoms with Crippen molar-refractivity contribution < 1.29 is 32.0 Å². The number of nitrogens with zero attached hydrogens (tertiary/aromatic N) is 1. The second-order valence-electron chi connectivity index (χ2n) is 7.61. The van der Waals surface area contributed by atoms with E-state index in [9.17, 15) is 13.5 Å². The summed E-state index contributed by atoms with van der Waals surface area (Å²) in [6.45, 7) is 1.81. The maximum Gasteiger partial charge on any atom is 0.297 e. The van der Waals surface area contributed by atoms with Gasteiger partial charge in [-0.3, -0.25) is 4.18 Å². The Morgan fingerprint density at radius 3 is 2.55 bits per heavy atom. The topological polar surface area (TPSA) is 104 Å². The fourth-order valence-electron chi connectivity index (χ4n) is 3.04. The van der Waals surface area contributed by atoms with E-state index < -0.39 is 28.4 Å². The minimum absolute atomic E-state index is 0.0362. The van der Waals surface area contributed by atoms with Gasteiger partial charge in [0.05, 0.1) is 31.3 Å². The van der Waals surface area contributed by atoms with Crippen LogP contribution in [0.3, 0.4) is 0 Å². The van der Waals surface area contributed by atoms with Gasteiger partial charge >= 0.3 is 0 Å². The van der Waals surface area contributed by atoms with E-state index in [0.29, 0.717) is 12.3 Å². The molecule has 1 heterocycles. The van der Waals surface area contributed by atoms with Crippen LogP contribution < -0.4 is 0 Å². The molecule has 2 aromatic carbocycles. The predicted octanol–water partition coefficient (Wildman–Crippen LogP) is 2.44. The van der Waals surface area contributed by atoms with Crippen molar-refractivity contribution in [3.8, 4) is 12.3 Å². The van der Waals surface area contributed by atoms with Crippen LogP contribution in [0, 0.1) is 19.3 Å². The lowest BCUT2D eigenvalue weighted by atomic mass is 10.1. The van der Waals surface area contributed by atoms with Gasteiger partial charge < -0.3 is 19.4 Å². The highest BCUT2D eigenvalue weighted by molar-refractivity contribution is 7.86. The Kier molecular flexibility index (Phi) is 9.00. The first-order chi connectivity index (χ1) is 15.9. The first-order valence-corrected chi connectivity index (χ1v) is 11.8. The fraction of sp³-hybridized carbons (Fsp3) is 0.375. The Labute approximate surface area is 194 Å². The van der Waals surface area contributed by atoms with Gasteiger partial charge in [-0.2, -0.15) is 8.42 Å². The Hall–Kier alpha value is -2.74. The average Bonchev–Trinajstić information content (AvgIpc) is 3.29. The number of aliphatic hydroxyl groups is 1. The third kappa shape index (κ3) is 7.67. The minimum atomic E-state index is -4.00. The van der Waals surface area contributed by atoms with Crippen molar-refractivity contribution in [1.29, 1.82) is 0 Å². The van der Waals surface area contributed by atoms with Crippen LogP contribution in [0.4, 0.5) is 0 Å². The summed E-state index contributed by atoms with van der Waals surface area (Å²) in [7, 11) is -4.00. The minimum Gasteiger partial charge on any atom is -0.388 e.